The number of aromatic nitrogens is 3. The maximum absolute atomic E-state index is 12.0. The Morgan fingerprint density at radius 2 is 2.14 bits per heavy atom. The number of alkyl halides is 3. The number of hydrogen-bond acceptors (Lipinski definition) is 6. The third kappa shape index (κ3) is 4.62. The fourth-order valence-corrected chi connectivity index (χ4v) is 1.51. The van der Waals surface area contributed by atoms with Crippen LogP contribution in [0.15, 0.2) is 22.9 Å². The van der Waals surface area contributed by atoms with Crippen molar-refractivity contribution >= 4 is 5.69 Å². The van der Waals surface area contributed by atoms with Crippen LogP contribution in [-0.2, 0) is 0 Å². The van der Waals surface area contributed by atoms with Crippen LogP contribution in [0.1, 0.15) is 24.7 Å². The van der Waals surface area contributed by atoms with Gasteiger partial charge in [-0.1, -0.05) is 5.16 Å². The van der Waals surface area contributed by atoms with Crippen LogP contribution in [-0.4, -0.2) is 27.9 Å². The van der Waals surface area contributed by atoms with E-state index in [1.807, 2.05) is 0 Å². The average molecular weight is 302 g/mol. The first-order valence-electron chi connectivity index (χ1n) is 6.06. The van der Waals surface area contributed by atoms with Crippen molar-refractivity contribution in [1.29, 1.82) is 0 Å². The van der Waals surface area contributed by atoms with E-state index >= 15 is 0 Å². The minimum Gasteiger partial charge on any atom is -0.468 e. The van der Waals surface area contributed by atoms with Crippen molar-refractivity contribution in [2.24, 2.45) is 0 Å². The molecule has 0 fully saturated rings. The van der Waals surface area contributed by atoms with Crippen molar-refractivity contribution in [1.82, 2.24) is 15.1 Å². The molecule has 0 saturated heterocycles. The Balaban J connectivity index is 1.93. The second-order valence-electron chi connectivity index (χ2n) is 4.33. The second-order valence-corrected chi connectivity index (χ2v) is 4.33. The molecule has 0 bridgehead atoms. The number of aryl methyl sites for hydroxylation is 1. The van der Waals surface area contributed by atoms with Crippen molar-refractivity contribution in [3.8, 4) is 5.88 Å². The Kier molecular flexibility index (Phi) is 4.29. The number of nitrogens with zero attached hydrogens (tertiary/aromatic N) is 3. The molecule has 0 aliphatic heterocycles. The average Bonchev–Trinajstić information content (AvgIpc) is 2.84. The van der Waals surface area contributed by atoms with Gasteiger partial charge in [0.2, 0.25) is 11.8 Å². The summed E-state index contributed by atoms with van der Waals surface area (Å²) < 4.78 is 45.5. The summed E-state index contributed by atoms with van der Waals surface area (Å²) >= 11 is 0. The number of pyridine rings is 1. The molecule has 2 heterocycles. The molecule has 1 atom stereocenters. The number of anilines is 1. The molecule has 2 aromatic rings. The lowest BCUT2D eigenvalue weighted by molar-refractivity contribution is -0.154. The fraction of sp³-hybridized carbons (Fsp3) is 0.417. The number of halogens is 3. The van der Waals surface area contributed by atoms with Gasteiger partial charge in [-0.15, -0.1) is 0 Å². The van der Waals surface area contributed by atoms with Crippen LogP contribution in [0.2, 0.25) is 0 Å². The summed E-state index contributed by atoms with van der Waals surface area (Å²) in [6.07, 6.45) is -3.02. The molecule has 0 saturated carbocycles. The van der Waals surface area contributed by atoms with E-state index in [0.717, 1.165) is 0 Å². The predicted molar refractivity (Wildman–Crippen MR) is 66.9 cm³/mol. The molecule has 0 spiro atoms. The Bertz CT molecular complexity index is 583. The van der Waals surface area contributed by atoms with E-state index in [2.05, 4.69) is 25.2 Å². The largest absolute Gasteiger partial charge is 0.468 e. The Hall–Kier alpha value is -2.32. The molecule has 2 aromatic heterocycles. The van der Waals surface area contributed by atoms with Crippen molar-refractivity contribution < 1.29 is 22.4 Å². The van der Waals surface area contributed by atoms with Gasteiger partial charge in [0.05, 0.1) is 11.9 Å². The van der Waals surface area contributed by atoms with Gasteiger partial charge >= 0.3 is 6.18 Å². The Morgan fingerprint density at radius 1 is 1.38 bits per heavy atom. The monoisotopic (exact) mass is 302 g/mol. The molecule has 0 aliphatic rings. The van der Waals surface area contributed by atoms with Crippen LogP contribution < -0.4 is 10.1 Å². The second kappa shape index (κ2) is 5.98. The van der Waals surface area contributed by atoms with Crippen molar-refractivity contribution in [3.05, 3.63) is 30.0 Å². The summed E-state index contributed by atoms with van der Waals surface area (Å²) in [6, 6.07) is 2.65. The minimum atomic E-state index is -4.39. The van der Waals surface area contributed by atoms with Crippen LogP contribution in [0.25, 0.3) is 0 Å². The molecular weight excluding hydrogens is 289 g/mol. The van der Waals surface area contributed by atoms with Gasteiger partial charge in [0.25, 0.3) is 0 Å². The lowest BCUT2D eigenvalue weighted by atomic mass is 10.3. The molecular formula is C12H13F3N4O2. The van der Waals surface area contributed by atoms with E-state index in [1.165, 1.54) is 12.3 Å². The highest BCUT2D eigenvalue weighted by Crippen LogP contribution is 2.20. The smallest absolute Gasteiger partial charge is 0.422 e. The third-order valence-corrected chi connectivity index (χ3v) is 2.42. The lowest BCUT2D eigenvalue weighted by Crippen LogP contribution is -2.19. The van der Waals surface area contributed by atoms with E-state index < -0.39 is 12.8 Å². The molecule has 0 aliphatic carbocycles. The molecule has 9 heteroatoms. The first-order chi connectivity index (χ1) is 9.83. The highest BCUT2D eigenvalue weighted by Gasteiger charge is 2.28. The molecule has 0 amide bonds. The minimum absolute atomic E-state index is 0.0980. The molecule has 0 unspecified atom stereocenters. The van der Waals surface area contributed by atoms with Crippen molar-refractivity contribution in [2.75, 3.05) is 11.9 Å². The molecule has 0 radical (unpaired) electrons. The van der Waals surface area contributed by atoms with E-state index in [1.54, 1.807) is 19.9 Å². The van der Waals surface area contributed by atoms with E-state index in [4.69, 9.17) is 4.52 Å². The van der Waals surface area contributed by atoms with E-state index in [0.29, 0.717) is 17.4 Å². The van der Waals surface area contributed by atoms with E-state index in [9.17, 15) is 13.2 Å². The number of rotatable bonds is 5. The fourth-order valence-electron chi connectivity index (χ4n) is 1.51. The third-order valence-electron chi connectivity index (χ3n) is 2.42. The van der Waals surface area contributed by atoms with Crippen LogP contribution in [0, 0.1) is 6.92 Å². The summed E-state index contributed by atoms with van der Waals surface area (Å²) in [4.78, 5) is 7.85. The standard InChI is InChI=1S/C12H13F3N4O2/c1-7(11-18-8(2)19-21-11)17-9-3-4-10(16-5-9)20-6-12(13,14)15/h3-5,7,17H,6H2,1-2H3/t7-/m0/s1. The molecule has 21 heavy (non-hydrogen) atoms. The van der Waals surface area contributed by atoms with Crippen LogP contribution >= 0.6 is 0 Å². The zero-order valence-corrected chi connectivity index (χ0v) is 11.3. The first-order valence-corrected chi connectivity index (χ1v) is 6.06. The van der Waals surface area contributed by atoms with Gasteiger partial charge in [-0.25, -0.2) is 4.98 Å². The molecule has 2 rings (SSSR count). The predicted octanol–water partition coefficient (Wildman–Crippen LogP) is 2.89. The van der Waals surface area contributed by atoms with E-state index in [-0.39, 0.29) is 11.9 Å². The van der Waals surface area contributed by atoms with Gasteiger partial charge in [-0.2, -0.15) is 18.2 Å². The quantitative estimate of drug-likeness (QED) is 0.915. The number of ether oxygens (including phenoxy) is 1. The summed E-state index contributed by atoms with van der Waals surface area (Å²) in [5, 5.41) is 6.71. The van der Waals surface area contributed by atoms with Crippen LogP contribution in [0.4, 0.5) is 18.9 Å². The molecule has 0 aromatic carbocycles. The van der Waals surface area contributed by atoms with Gasteiger partial charge in [-0.3, -0.25) is 0 Å². The normalized spacial score (nSPS) is 13.0. The van der Waals surface area contributed by atoms with Crippen LogP contribution in [0.5, 0.6) is 5.88 Å². The lowest BCUT2D eigenvalue weighted by Gasteiger charge is -2.12. The zero-order valence-electron chi connectivity index (χ0n) is 11.3. The van der Waals surface area contributed by atoms with Crippen molar-refractivity contribution in [2.45, 2.75) is 26.1 Å². The highest BCUT2D eigenvalue weighted by atomic mass is 19.4. The highest BCUT2D eigenvalue weighted by molar-refractivity contribution is 5.43. The summed E-state index contributed by atoms with van der Waals surface area (Å²) in [5.41, 5.74) is 0.595. The molecule has 1 N–H and O–H groups in total. The zero-order chi connectivity index (χ0) is 15.5. The summed E-state index contributed by atoms with van der Waals surface area (Å²) in [6.45, 7) is 2.14. The SMILES string of the molecule is Cc1noc([C@H](C)Nc2ccc(OCC(F)(F)F)nc2)n1. The van der Waals surface area contributed by atoms with Gasteiger partial charge in [0.1, 0.15) is 6.04 Å². The van der Waals surface area contributed by atoms with Crippen LogP contribution in [0.3, 0.4) is 0 Å². The molecule has 114 valence electrons. The molecule has 6 nitrogen and oxygen atoms in total. The van der Waals surface area contributed by atoms with Gasteiger partial charge in [-0.05, 0) is 19.9 Å². The van der Waals surface area contributed by atoms with Crippen molar-refractivity contribution in [3.63, 3.8) is 0 Å². The number of hydrogen-bond donors (Lipinski definition) is 1. The Morgan fingerprint density at radius 3 is 2.67 bits per heavy atom. The maximum Gasteiger partial charge on any atom is 0.422 e. The Labute approximate surface area is 118 Å². The number of nitrogens with one attached hydrogen (secondary N) is 1. The maximum atomic E-state index is 12.0. The summed E-state index contributed by atoms with van der Waals surface area (Å²) in [5.74, 6) is 0.830. The topological polar surface area (TPSA) is 73.1 Å². The van der Waals surface area contributed by atoms with Gasteiger partial charge in [0, 0.05) is 6.07 Å². The summed E-state index contributed by atoms with van der Waals surface area (Å²) in [7, 11) is 0. The van der Waals surface area contributed by atoms with Gasteiger partial charge in [0.15, 0.2) is 12.4 Å². The van der Waals surface area contributed by atoms with Gasteiger partial charge < -0.3 is 14.6 Å². The first kappa shape index (κ1) is 15.1.